The molecule has 1 aromatic carbocycles. The van der Waals surface area contributed by atoms with Crippen LogP contribution in [0.1, 0.15) is 11.6 Å². The summed E-state index contributed by atoms with van der Waals surface area (Å²) in [6, 6.07) is 8.20. The van der Waals surface area contributed by atoms with Crippen LogP contribution in [0.3, 0.4) is 0 Å². The van der Waals surface area contributed by atoms with Gasteiger partial charge in [-0.15, -0.1) is 0 Å². The maximum Gasteiger partial charge on any atom is 0.119 e. The van der Waals surface area contributed by atoms with E-state index in [1.807, 2.05) is 18.3 Å². The standard InChI is InChI=1S/C13H14N2O/c1-16-11-2-3-12-9(6-11)4-5-15-13(12)10-7-14-8-10/h2-6,10,14H,7-8H2,1H3. The predicted octanol–water partition coefficient (Wildman–Crippen LogP) is 1.93. The monoisotopic (exact) mass is 214 g/mol. The topological polar surface area (TPSA) is 34.1 Å². The zero-order valence-corrected chi connectivity index (χ0v) is 9.23. The summed E-state index contributed by atoms with van der Waals surface area (Å²) in [5.41, 5.74) is 1.21. The summed E-state index contributed by atoms with van der Waals surface area (Å²) in [5.74, 6) is 1.47. The summed E-state index contributed by atoms with van der Waals surface area (Å²) in [6.45, 7) is 2.08. The van der Waals surface area contributed by atoms with Crippen molar-refractivity contribution in [3.63, 3.8) is 0 Å². The molecule has 0 spiro atoms. The molecule has 16 heavy (non-hydrogen) atoms. The molecule has 1 aliphatic rings. The van der Waals surface area contributed by atoms with Crippen molar-refractivity contribution in [3.8, 4) is 5.75 Å². The largest absolute Gasteiger partial charge is 0.497 e. The number of hydrogen-bond acceptors (Lipinski definition) is 3. The first-order chi connectivity index (χ1) is 7.88. The molecule has 0 unspecified atom stereocenters. The van der Waals surface area contributed by atoms with Crippen molar-refractivity contribution in [3.05, 3.63) is 36.2 Å². The van der Waals surface area contributed by atoms with Crippen molar-refractivity contribution in [1.29, 1.82) is 0 Å². The van der Waals surface area contributed by atoms with Crippen LogP contribution in [0, 0.1) is 0 Å². The second-order valence-corrected chi connectivity index (χ2v) is 4.14. The molecule has 0 bridgehead atoms. The van der Waals surface area contributed by atoms with Gasteiger partial charge in [0.05, 0.1) is 12.8 Å². The van der Waals surface area contributed by atoms with Crippen LogP contribution in [0.4, 0.5) is 0 Å². The van der Waals surface area contributed by atoms with Crippen molar-refractivity contribution in [1.82, 2.24) is 10.3 Å². The van der Waals surface area contributed by atoms with Gasteiger partial charge in [-0.1, -0.05) is 0 Å². The quantitative estimate of drug-likeness (QED) is 0.829. The van der Waals surface area contributed by atoms with Crippen molar-refractivity contribution in [2.24, 2.45) is 0 Å². The van der Waals surface area contributed by atoms with Crippen LogP contribution >= 0.6 is 0 Å². The van der Waals surface area contributed by atoms with Gasteiger partial charge in [0.1, 0.15) is 5.75 Å². The van der Waals surface area contributed by atoms with E-state index in [9.17, 15) is 0 Å². The lowest BCUT2D eigenvalue weighted by Crippen LogP contribution is -2.40. The van der Waals surface area contributed by atoms with E-state index in [2.05, 4.69) is 22.4 Å². The summed E-state index contributed by atoms with van der Waals surface area (Å²) >= 11 is 0. The van der Waals surface area contributed by atoms with Gasteiger partial charge in [0.2, 0.25) is 0 Å². The number of benzene rings is 1. The minimum absolute atomic E-state index is 0.567. The first kappa shape index (κ1) is 9.60. The Bertz CT molecular complexity index is 520. The summed E-state index contributed by atoms with van der Waals surface area (Å²) in [4.78, 5) is 4.50. The molecule has 82 valence electrons. The smallest absolute Gasteiger partial charge is 0.119 e. The Morgan fingerprint density at radius 1 is 1.31 bits per heavy atom. The number of hydrogen-bond donors (Lipinski definition) is 1. The van der Waals surface area contributed by atoms with E-state index in [0.29, 0.717) is 5.92 Å². The second kappa shape index (κ2) is 3.76. The molecule has 3 heteroatoms. The normalized spacial score (nSPS) is 16.1. The lowest BCUT2D eigenvalue weighted by Gasteiger charge is -2.27. The van der Waals surface area contributed by atoms with E-state index in [1.54, 1.807) is 7.11 Å². The maximum atomic E-state index is 5.23. The van der Waals surface area contributed by atoms with Crippen LogP contribution in [0.5, 0.6) is 5.75 Å². The average Bonchev–Trinajstić information content (AvgIpc) is 2.26. The highest BCUT2D eigenvalue weighted by atomic mass is 16.5. The van der Waals surface area contributed by atoms with Crippen LogP contribution in [-0.4, -0.2) is 25.2 Å². The highest BCUT2D eigenvalue weighted by Gasteiger charge is 2.22. The van der Waals surface area contributed by atoms with Crippen molar-refractivity contribution in [2.75, 3.05) is 20.2 Å². The molecule has 2 aromatic rings. The first-order valence-electron chi connectivity index (χ1n) is 5.52. The number of rotatable bonds is 2. The fourth-order valence-corrected chi connectivity index (χ4v) is 2.11. The Kier molecular flexibility index (Phi) is 2.26. The van der Waals surface area contributed by atoms with Crippen molar-refractivity contribution in [2.45, 2.75) is 5.92 Å². The predicted molar refractivity (Wildman–Crippen MR) is 63.9 cm³/mol. The van der Waals surface area contributed by atoms with Crippen LogP contribution in [0.25, 0.3) is 10.8 Å². The van der Waals surface area contributed by atoms with Crippen molar-refractivity contribution >= 4 is 10.8 Å². The van der Waals surface area contributed by atoms with E-state index >= 15 is 0 Å². The lowest BCUT2D eigenvalue weighted by atomic mass is 9.94. The van der Waals surface area contributed by atoms with Gasteiger partial charge in [0.15, 0.2) is 0 Å². The Labute approximate surface area is 94.5 Å². The molecule has 1 saturated heterocycles. The van der Waals surface area contributed by atoms with E-state index < -0.39 is 0 Å². The van der Waals surface area contributed by atoms with Crippen molar-refractivity contribution < 1.29 is 4.74 Å². The number of fused-ring (bicyclic) bond motifs is 1. The molecule has 0 atom stereocenters. The van der Waals surface area contributed by atoms with Gasteiger partial charge < -0.3 is 10.1 Å². The molecule has 1 N–H and O–H groups in total. The first-order valence-corrected chi connectivity index (χ1v) is 5.52. The number of ether oxygens (including phenoxy) is 1. The summed E-state index contributed by atoms with van der Waals surface area (Å²) in [6.07, 6.45) is 1.88. The summed E-state index contributed by atoms with van der Waals surface area (Å²) in [7, 11) is 1.69. The lowest BCUT2D eigenvalue weighted by molar-refractivity contribution is 0.415. The van der Waals surface area contributed by atoms with E-state index in [1.165, 1.54) is 16.5 Å². The second-order valence-electron chi connectivity index (χ2n) is 4.14. The Hall–Kier alpha value is -1.61. The highest BCUT2D eigenvalue weighted by molar-refractivity contribution is 5.86. The van der Waals surface area contributed by atoms with Gasteiger partial charge in [-0.2, -0.15) is 0 Å². The van der Waals surface area contributed by atoms with E-state index in [0.717, 1.165) is 18.8 Å². The number of nitrogens with zero attached hydrogens (tertiary/aromatic N) is 1. The molecule has 1 aromatic heterocycles. The molecule has 3 nitrogen and oxygen atoms in total. The third kappa shape index (κ3) is 1.44. The van der Waals surface area contributed by atoms with E-state index in [4.69, 9.17) is 4.74 Å². The molecule has 1 fully saturated rings. The molecule has 0 saturated carbocycles. The third-order valence-corrected chi connectivity index (χ3v) is 3.17. The third-order valence-electron chi connectivity index (χ3n) is 3.17. The molecule has 0 aliphatic carbocycles. The van der Waals surface area contributed by atoms with Crippen LogP contribution in [0.15, 0.2) is 30.5 Å². The van der Waals surface area contributed by atoms with Gasteiger partial charge in [0, 0.05) is 30.6 Å². The average molecular weight is 214 g/mol. The van der Waals surface area contributed by atoms with Crippen LogP contribution in [-0.2, 0) is 0 Å². The van der Waals surface area contributed by atoms with Gasteiger partial charge in [0.25, 0.3) is 0 Å². The maximum absolute atomic E-state index is 5.23. The van der Waals surface area contributed by atoms with Gasteiger partial charge >= 0.3 is 0 Å². The molecular weight excluding hydrogens is 200 g/mol. The summed E-state index contributed by atoms with van der Waals surface area (Å²) in [5, 5.41) is 5.73. The van der Waals surface area contributed by atoms with Gasteiger partial charge in [-0.25, -0.2) is 0 Å². The number of aromatic nitrogens is 1. The zero-order chi connectivity index (χ0) is 11.0. The number of methoxy groups -OCH3 is 1. The minimum atomic E-state index is 0.567. The zero-order valence-electron chi connectivity index (χ0n) is 9.23. The number of nitrogens with one attached hydrogen (secondary N) is 1. The van der Waals surface area contributed by atoms with Crippen LogP contribution in [0.2, 0.25) is 0 Å². The molecule has 2 heterocycles. The molecule has 3 rings (SSSR count). The van der Waals surface area contributed by atoms with E-state index in [-0.39, 0.29) is 0 Å². The fraction of sp³-hybridized carbons (Fsp3) is 0.308. The highest BCUT2D eigenvalue weighted by Crippen LogP contribution is 2.28. The SMILES string of the molecule is COc1ccc2c(C3CNC3)nccc2c1. The molecular formula is C13H14N2O. The molecule has 0 amide bonds. The van der Waals surface area contributed by atoms with Gasteiger partial charge in [-0.05, 0) is 29.7 Å². The minimum Gasteiger partial charge on any atom is -0.497 e. The Morgan fingerprint density at radius 2 is 2.19 bits per heavy atom. The van der Waals surface area contributed by atoms with Crippen LogP contribution < -0.4 is 10.1 Å². The van der Waals surface area contributed by atoms with Gasteiger partial charge in [-0.3, -0.25) is 4.98 Å². The molecule has 0 radical (unpaired) electrons. The number of pyridine rings is 1. The Morgan fingerprint density at radius 3 is 2.88 bits per heavy atom. The fourth-order valence-electron chi connectivity index (χ4n) is 2.11. The molecule has 1 aliphatic heterocycles. The summed E-state index contributed by atoms with van der Waals surface area (Å²) < 4.78 is 5.23. The Balaban J connectivity index is 2.15.